The van der Waals surface area contributed by atoms with Crippen molar-refractivity contribution in [1.82, 2.24) is 0 Å². The molecule has 1 amide bonds. The van der Waals surface area contributed by atoms with Gasteiger partial charge in [0.25, 0.3) is 11.6 Å². The van der Waals surface area contributed by atoms with E-state index in [0.29, 0.717) is 40.8 Å². The van der Waals surface area contributed by atoms with Crippen LogP contribution in [-0.4, -0.2) is 17.4 Å². The summed E-state index contributed by atoms with van der Waals surface area (Å²) in [4.78, 5) is 23.1. The number of ether oxygens (including phenoxy) is 2. The van der Waals surface area contributed by atoms with Gasteiger partial charge in [-0.3, -0.25) is 14.9 Å². The number of nitro groups is 1. The molecule has 0 bridgehead atoms. The minimum Gasteiger partial charge on any atom is -0.490 e. The number of nitriles is 1. The van der Waals surface area contributed by atoms with Gasteiger partial charge in [0.1, 0.15) is 18.2 Å². The molecule has 3 rings (SSSR count). The monoisotopic (exact) mass is 517 g/mol. The van der Waals surface area contributed by atoms with Crippen LogP contribution >= 0.6 is 11.6 Å². The summed E-state index contributed by atoms with van der Waals surface area (Å²) in [6.45, 7) is 6.14. The van der Waals surface area contributed by atoms with Crippen LogP contribution < -0.4 is 14.8 Å². The van der Waals surface area contributed by atoms with E-state index in [-0.39, 0.29) is 17.9 Å². The highest BCUT2D eigenvalue weighted by Crippen LogP contribution is 2.35. The standard InChI is InChI=1S/C28H24ClN3O5/c1-3-6-21-13-20(14-22(17-30)28(33)31-24-8-5-7-23(29)16-24)15-26(36-4-2)27(21)37-18-19-9-11-25(12-10-19)32(34)35/h3,5,7-16H,1,4,6,18H2,2H3,(H,31,33)/b22-14+. The maximum Gasteiger partial charge on any atom is 0.269 e. The normalized spacial score (nSPS) is 10.8. The Kier molecular flexibility index (Phi) is 9.41. The van der Waals surface area contributed by atoms with E-state index in [1.807, 2.05) is 13.0 Å². The molecule has 1 N–H and O–H groups in total. The minimum absolute atomic E-state index is 0.00469. The maximum absolute atomic E-state index is 12.7. The van der Waals surface area contributed by atoms with E-state index in [0.717, 1.165) is 11.1 Å². The Morgan fingerprint density at radius 1 is 1.19 bits per heavy atom. The zero-order valence-corrected chi connectivity index (χ0v) is 20.8. The van der Waals surface area contributed by atoms with Gasteiger partial charge in [-0.25, -0.2) is 0 Å². The van der Waals surface area contributed by atoms with Crippen molar-refractivity contribution in [3.63, 3.8) is 0 Å². The summed E-state index contributed by atoms with van der Waals surface area (Å²) < 4.78 is 11.9. The van der Waals surface area contributed by atoms with Gasteiger partial charge in [0.05, 0.1) is 11.5 Å². The van der Waals surface area contributed by atoms with E-state index < -0.39 is 10.8 Å². The molecule has 0 aliphatic rings. The second-order valence-corrected chi connectivity index (χ2v) is 8.22. The third-order valence-corrected chi connectivity index (χ3v) is 5.34. The molecular formula is C28H24ClN3O5. The fraction of sp³-hybridized carbons (Fsp3) is 0.143. The van der Waals surface area contributed by atoms with Crippen LogP contribution in [0.1, 0.15) is 23.6 Å². The van der Waals surface area contributed by atoms with Gasteiger partial charge in [0.2, 0.25) is 0 Å². The van der Waals surface area contributed by atoms with E-state index in [2.05, 4.69) is 11.9 Å². The van der Waals surface area contributed by atoms with Crippen molar-refractivity contribution in [3.05, 3.63) is 111 Å². The predicted octanol–water partition coefficient (Wildman–Crippen LogP) is 6.50. The van der Waals surface area contributed by atoms with Gasteiger partial charge < -0.3 is 14.8 Å². The van der Waals surface area contributed by atoms with Gasteiger partial charge in [-0.05, 0) is 73.0 Å². The minimum atomic E-state index is -0.577. The van der Waals surface area contributed by atoms with E-state index in [1.54, 1.807) is 54.6 Å². The third-order valence-electron chi connectivity index (χ3n) is 5.11. The van der Waals surface area contributed by atoms with Crippen molar-refractivity contribution in [1.29, 1.82) is 5.26 Å². The molecule has 0 saturated carbocycles. The Morgan fingerprint density at radius 3 is 2.57 bits per heavy atom. The molecule has 0 aliphatic heterocycles. The molecule has 0 spiro atoms. The average Bonchev–Trinajstić information content (AvgIpc) is 2.87. The summed E-state index contributed by atoms with van der Waals surface area (Å²) in [5.41, 5.74) is 2.41. The van der Waals surface area contributed by atoms with Crippen molar-refractivity contribution >= 4 is 35.0 Å². The topological polar surface area (TPSA) is 114 Å². The number of hydrogen-bond donors (Lipinski definition) is 1. The number of hydrogen-bond acceptors (Lipinski definition) is 6. The summed E-state index contributed by atoms with van der Waals surface area (Å²) >= 11 is 5.97. The number of halogens is 1. The molecule has 37 heavy (non-hydrogen) atoms. The number of nitrogens with zero attached hydrogens (tertiary/aromatic N) is 2. The number of benzene rings is 3. The van der Waals surface area contributed by atoms with E-state index >= 15 is 0 Å². The number of amides is 1. The van der Waals surface area contributed by atoms with E-state index in [9.17, 15) is 20.2 Å². The summed E-state index contributed by atoms with van der Waals surface area (Å²) in [5, 5.41) is 23.7. The molecular weight excluding hydrogens is 494 g/mol. The molecule has 0 heterocycles. The fourth-order valence-electron chi connectivity index (χ4n) is 3.45. The molecule has 188 valence electrons. The summed E-state index contributed by atoms with van der Waals surface area (Å²) in [7, 11) is 0. The molecule has 0 fully saturated rings. The number of anilines is 1. The number of non-ortho nitro benzene ring substituents is 1. The Labute approximate surface area is 219 Å². The van der Waals surface area contributed by atoms with Crippen LogP contribution in [0.25, 0.3) is 6.08 Å². The van der Waals surface area contributed by atoms with Crippen LogP contribution in [-0.2, 0) is 17.8 Å². The summed E-state index contributed by atoms with van der Waals surface area (Å²) in [6, 6.07) is 18.1. The van der Waals surface area contributed by atoms with Crippen molar-refractivity contribution < 1.29 is 19.2 Å². The number of nitro benzene ring substituents is 1. The smallest absolute Gasteiger partial charge is 0.269 e. The first-order valence-electron chi connectivity index (χ1n) is 11.3. The maximum atomic E-state index is 12.7. The second kappa shape index (κ2) is 12.9. The molecule has 0 aromatic heterocycles. The van der Waals surface area contributed by atoms with Crippen LogP contribution in [0.4, 0.5) is 11.4 Å². The van der Waals surface area contributed by atoms with E-state index in [1.165, 1.54) is 18.2 Å². The Hall–Kier alpha value is -4.61. The van der Waals surface area contributed by atoms with Crippen LogP contribution in [0, 0.1) is 21.4 Å². The largest absolute Gasteiger partial charge is 0.490 e. The van der Waals surface area contributed by atoms with Gasteiger partial charge in [-0.1, -0.05) is 23.7 Å². The predicted molar refractivity (Wildman–Crippen MR) is 143 cm³/mol. The van der Waals surface area contributed by atoms with Crippen molar-refractivity contribution in [3.8, 4) is 17.6 Å². The molecule has 9 heteroatoms. The Morgan fingerprint density at radius 2 is 1.95 bits per heavy atom. The van der Waals surface area contributed by atoms with Gasteiger partial charge in [-0.2, -0.15) is 5.26 Å². The molecule has 3 aromatic carbocycles. The van der Waals surface area contributed by atoms with Gasteiger partial charge >= 0.3 is 0 Å². The molecule has 0 unspecified atom stereocenters. The van der Waals surface area contributed by atoms with Gasteiger partial charge in [0, 0.05) is 28.4 Å². The molecule has 8 nitrogen and oxygen atoms in total. The van der Waals surface area contributed by atoms with Gasteiger partial charge in [0.15, 0.2) is 11.5 Å². The highest BCUT2D eigenvalue weighted by Gasteiger charge is 2.16. The lowest BCUT2D eigenvalue weighted by Crippen LogP contribution is -2.13. The number of nitrogens with one attached hydrogen (secondary N) is 1. The van der Waals surface area contributed by atoms with Crippen molar-refractivity contribution in [2.24, 2.45) is 0 Å². The van der Waals surface area contributed by atoms with Crippen LogP contribution in [0.2, 0.25) is 5.02 Å². The number of rotatable bonds is 11. The quantitative estimate of drug-likeness (QED) is 0.102. The first kappa shape index (κ1) is 27.0. The van der Waals surface area contributed by atoms with Crippen molar-refractivity contribution in [2.75, 3.05) is 11.9 Å². The summed E-state index contributed by atoms with van der Waals surface area (Å²) in [6.07, 6.45) is 3.61. The molecule has 0 radical (unpaired) electrons. The lowest BCUT2D eigenvalue weighted by Gasteiger charge is -2.17. The first-order chi connectivity index (χ1) is 17.8. The van der Waals surface area contributed by atoms with E-state index in [4.69, 9.17) is 21.1 Å². The second-order valence-electron chi connectivity index (χ2n) is 7.78. The Balaban J connectivity index is 1.91. The zero-order valence-electron chi connectivity index (χ0n) is 20.1. The number of carbonyl (C=O) groups is 1. The SMILES string of the molecule is C=CCc1cc(/C=C(\C#N)C(=O)Nc2cccc(Cl)c2)cc(OCC)c1OCc1ccc([N+](=O)[O-])cc1. The van der Waals surface area contributed by atoms with Crippen LogP contribution in [0.15, 0.2) is 78.9 Å². The van der Waals surface area contributed by atoms with Gasteiger partial charge in [-0.15, -0.1) is 6.58 Å². The highest BCUT2D eigenvalue weighted by atomic mass is 35.5. The van der Waals surface area contributed by atoms with Crippen LogP contribution in [0.5, 0.6) is 11.5 Å². The zero-order chi connectivity index (χ0) is 26.8. The fourth-order valence-corrected chi connectivity index (χ4v) is 3.64. The Bertz CT molecular complexity index is 1380. The summed E-state index contributed by atoms with van der Waals surface area (Å²) in [5.74, 6) is 0.341. The molecule has 0 aliphatic carbocycles. The number of carbonyl (C=O) groups excluding carboxylic acids is 1. The molecule has 0 atom stereocenters. The molecule has 3 aromatic rings. The van der Waals surface area contributed by atoms with Crippen molar-refractivity contribution in [2.45, 2.75) is 20.0 Å². The number of allylic oxidation sites excluding steroid dienone is 1. The average molecular weight is 518 g/mol. The van der Waals surface area contributed by atoms with Crippen LogP contribution in [0.3, 0.4) is 0 Å². The highest BCUT2D eigenvalue weighted by molar-refractivity contribution is 6.31. The lowest BCUT2D eigenvalue weighted by atomic mass is 10.0. The first-order valence-corrected chi connectivity index (χ1v) is 11.7. The third kappa shape index (κ3) is 7.43. The molecule has 0 saturated heterocycles. The lowest BCUT2D eigenvalue weighted by molar-refractivity contribution is -0.384.